The molecule has 2 aromatic rings. The number of anilines is 1. The van der Waals surface area contributed by atoms with Gasteiger partial charge in [0.15, 0.2) is 0 Å². The molecule has 1 saturated heterocycles. The van der Waals surface area contributed by atoms with Crippen molar-refractivity contribution in [2.75, 3.05) is 25.1 Å². The van der Waals surface area contributed by atoms with E-state index in [1.54, 1.807) is 7.11 Å². The van der Waals surface area contributed by atoms with Crippen LogP contribution in [0.15, 0.2) is 28.8 Å². The van der Waals surface area contributed by atoms with Crippen molar-refractivity contribution in [1.82, 2.24) is 10.1 Å². The third kappa shape index (κ3) is 2.26. The predicted octanol–water partition coefficient (Wildman–Crippen LogP) is 2.95. The highest BCUT2D eigenvalue weighted by atomic mass is 16.5. The lowest BCUT2D eigenvalue weighted by Crippen LogP contribution is -2.18. The Balaban J connectivity index is 1.51. The van der Waals surface area contributed by atoms with Crippen LogP contribution in [0.25, 0.3) is 0 Å². The number of hydrogen-bond acceptors (Lipinski definition) is 5. The number of methoxy groups -OCH3 is 1. The first kappa shape index (κ1) is 12.7. The second kappa shape index (κ2) is 5.06. The minimum Gasteiger partial charge on any atom is -0.496 e. The normalized spacial score (nSPS) is 24.3. The van der Waals surface area contributed by atoms with Gasteiger partial charge in [-0.15, -0.1) is 0 Å². The highest BCUT2D eigenvalue weighted by Crippen LogP contribution is 2.56. The van der Waals surface area contributed by atoms with Crippen LogP contribution in [0, 0.1) is 0 Å². The van der Waals surface area contributed by atoms with Crippen LogP contribution in [0.5, 0.6) is 5.75 Å². The SMILES string of the molecule is COc1ccccc1[C@@H]1C[C@H]1c1nc(N2CCCC2)no1. The fourth-order valence-electron chi connectivity index (χ4n) is 3.21. The molecule has 110 valence electrons. The van der Waals surface area contributed by atoms with Crippen molar-refractivity contribution >= 4 is 5.95 Å². The van der Waals surface area contributed by atoms with E-state index in [2.05, 4.69) is 27.2 Å². The van der Waals surface area contributed by atoms with Crippen LogP contribution < -0.4 is 9.64 Å². The van der Waals surface area contributed by atoms with Gasteiger partial charge in [-0.2, -0.15) is 4.98 Å². The molecule has 0 N–H and O–H groups in total. The van der Waals surface area contributed by atoms with Crippen molar-refractivity contribution in [3.05, 3.63) is 35.7 Å². The molecule has 5 nitrogen and oxygen atoms in total. The zero-order chi connectivity index (χ0) is 14.2. The van der Waals surface area contributed by atoms with Gasteiger partial charge in [-0.1, -0.05) is 18.2 Å². The Morgan fingerprint density at radius 3 is 2.81 bits per heavy atom. The average molecular weight is 285 g/mol. The zero-order valence-corrected chi connectivity index (χ0v) is 12.2. The molecule has 2 aliphatic rings. The molecule has 21 heavy (non-hydrogen) atoms. The molecule has 1 aromatic carbocycles. The quantitative estimate of drug-likeness (QED) is 0.864. The topological polar surface area (TPSA) is 51.4 Å². The lowest BCUT2D eigenvalue weighted by atomic mass is 10.1. The van der Waals surface area contributed by atoms with Crippen LogP contribution >= 0.6 is 0 Å². The van der Waals surface area contributed by atoms with E-state index in [9.17, 15) is 0 Å². The number of rotatable bonds is 4. The zero-order valence-electron chi connectivity index (χ0n) is 12.2. The molecule has 2 fully saturated rings. The number of aromatic nitrogens is 2. The van der Waals surface area contributed by atoms with Gasteiger partial charge >= 0.3 is 0 Å². The van der Waals surface area contributed by atoms with E-state index >= 15 is 0 Å². The number of ether oxygens (including phenoxy) is 1. The van der Waals surface area contributed by atoms with Crippen LogP contribution in [0.1, 0.15) is 42.6 Å². The fraction of sp³-hybridized carbons (Fsp3) is 0.500. The Labute approximate surface area is 123 Å². The third-order valence-electron chi connectivity index (χ3n) is 4.47. The van der Waals surface area contributed by atoms with Gasteiger partial charge in [-0.25, -0.2) is 0 Å². The molecule has 1 aromatic heterocycles. The summed E-state index contributed by atoms with van der Waals surface area (Å²) in [4.78, 5) is 6.79. The lowest BCUT2D eigenvalue weighted by Gasteiger charge is -2.09. The van der Waals surface area contributed by atoms with Crippen LogP contribution in [0.2, 0.25) is 0 Å². The molecule has 2 heterocycles. The van der Waals surface area contributed by atoms with Gasteiger partial charge in [0, 0.05) is 19.0 Å². The van der Waals surface area contributed by atoms with Gasteiger partial charge in [0.1, 0.15) is 5.75 Å². The molecular weight excluding hydrogens is 266 g/mol. The molecule has 1 aliphatic carbocycles. The maximum Gasteiger partial charge on any atom is 0.266 e. The first-order valence-electron chi connectivity index (χ1n) is 7.58. The summed E-state index contributed by atoms with van der Waals surface area (Å²) in [5.74, 6) is 3.25. The van der Waals surface area contributed by atoms with Crippen molar-refractivity contribution < 1.29 is 9.26 Å². The van der Waals surface area contributed by atoms with Crippen molar-refractivity contribution in [3.8, 4) is 5.75 Å². The minimum atomic E-state index is 0.338. The van der Waals surface area contributed by atoms with E-state index < -0.39 is 0 Å². The van der Waals surface area contributed by atoms with Gasteiger partial charge in [-0.05, 0) is 42.0 Å². The molecule has 0 amide bonds. The molecular formula is C16H19N3O2. The van der Waals surface area contributed by atoms with E-state index in [-0.39, 0.29) is 0 Å². The van der Waals surface area contributed by atoms with Crippen LogP contribution in [-0.2, 0) is 0 Å². The Kier molecular flexibility index (Phi) is 3.05. The standard InChI is InChI=1S/C16H19N3O2/c1-20-14-7-3-2-6-11(14)12-10-13(12)15-17-16(18-21-15)19-8-4-5-9-19/h2-3,6-7,12-13H,4-5,8-10H2,1H3/t12-,13+/m0/s1. The molecule has 0 bridgehead atoms. The molecule has 1 aliphatic heterocycles. The predicted molar refractivity (Wildman–Crippen MR) is 78.8 cm³/mol. The highest BCUT2D eigenvalue weighted by Gasteiger charge is 2.45. The minimum absolute atomic E-state index is 0.338. The van der Waals surface area contributed by atoms with Crippen molar-refractivity contribution in [1.29, 1.82) is 0 Å². The van der Waals surface area contributed by atoms with Gasteiger partial charge < -0.3 is 14.2 Å². The number of para-hydroxylation sites is 1. The summed E-state index contributed by atoms with van der Waals surface area (Å²) >= 11 is 0. The summed E-state index contributed by atoms with van der Waals surface area (Å²) < 4.78 is 10.9. The van der Waals surface area contributed by atoms with E-state index in [1.807, 2.05) is 12.1 Å². The molecule has 1 saturated carbocycles. The Bertz CT molecular complexity index is 634. The Morgan fingerprint density at radius 1 is 1.19 bits per heavy atom. The van der Waals surface area contributed by atoms with Crippen LogP contribution in [0.4, 0.5) is 5.95 Å². The summed E-state index contributed by atoms with van der Waals surface area (Å²) in [6, 6.07) is 8.18. The molecule has 0 unspecified atom stereocenters. The van der Waals surface area contributed by atoms with Crippen molar-refractivity contribution in [2.24, 2.45) is 0 Å². The highest BCUT2D eigenvalue weighted by molar-refractivity contribution is 5.42. The maximum atomic E-state index is 5.48. The smallest absolute Gasteiger partial charge is 0.266 e. The molecule has 4 rings (SSSR count). The van der Waals surface area contributed by atoms with E-state index in [1.165, 1.54) is 18.4 Å². The van der Waals surface area contributed by atoms with Gasteiger partial charge in [0.2, 0.25) is 5.89 Å². The Hall–Kier alpha value is -2.04. The molecule has 5 heteroatoms. The molecule has 2 atom stereocenters. The lowest BCUT2D eigenvalue weighted by molar-refractivity contribution is 0.376. The van der Waals surface area contributed by atoms with Crippen LogP contribution in [0.3, 0.4) is 0 Å². The summed E-state index contributed by atoms with van der Waals surface area (Å²) in [7, 11) is 1.72. The van der Waals surface area contributed by atoms with Crippen LogP contribution in [-0.4, -0.2) is 30.3 Å². The average Bonchev–Trinajstić information content (AvgIpc) is 2.95. The van der Waals surface area contributed by atoms with Crippen molar-refractivity contribution in [2.45, 2.75) is 31.1 Å². The van der Waals surface area contributed by atoms with E-state index in [0.29, 0.717) is 11.8 Å². The van der Waals surface area contributed by atoms with Gasteiger partial charge in [-0.3, -0.25) is 0 Å². The van der Waals surface area contributed by atoms with Gasteiger partial charge in [0.25, 0.3) is 5.95 Å². The third-order valence-corrected chi connectivity index (χ3v) is 4.47. The first-order chi connectivity index (χ1) is 10.4. The maximum absolute atomic E-state index is 5.48. The van der Waals surface area contributed by atoms with E-state index in [4.69, 9.17) is 9.26 Å². The summed E-state index contributed by atoms with van der Waals surface area (Å²) in [6.45, 7) is 2.08. The van der Waals surface area contributed by atoms with Crippen molar-refractivity contribution in [3.63, 3.8) is 0 Å². The molecule has 0 spiro atoms. The Morgan fingerprint density at radius 2 is 2.00 bits per heavy atom. The second-order valence-corrected chi connectivity index (χ2v) is 5.82. The number of benzene rings is 1. The summed E-state index contributed by atoms with van der Waals surface area (Å²) in [5, 5.41) is 4.14. The summed E-state index contributed by atoms with van der Waals surface area (Å²) in [5.41, 5.74) is 1.24. The first-order valence-corrected chi connectivity index (χ1v) is 7.58. The van der Waals surface area contributed by atoms with Gasteiger partial charge in [0.05, 0.1) is 7.11 Å². The van der Waals surface area contributed by atoms with E-state index in [0.717, 1.165) is 37.1 Å². The fourth-order valence-corrected chi connectivity index (χ4v) is 3.21. The number of nitrogens with zero attached hydrogens (tertiary/aromatic N) is 3. The monoisotopic (exact) mass is 285 g/mol. The second-order valence-electron chi connectivity index (χ2n) is 5.82. The largest absolute Gasteiger partial charge is 0.496 e. The summed E-state index contributed by atoms with van der Waals surface area (Å²) in [6.07, 6.45) is 3.50. The molecule has 0 radical (unpaired) electrons. The number of hydrogen-bond donors (Lipinski definition) is 0.